The summed E-state index contributed by atoms with van der Waals surface area (Å²) in [7, 11) is -2.12. The van der Waals surface area contributed by atoms with Crippen LogP contribution in [0.25, 0.3) is 0 Å². The Hall–Kier alpha value is -2.14. The van der Waals surface area contributed by atoms with Gasteiger partial charge in [-0.1, -0.05) is 11.6 Å². The van der Waals surface area contributed by atoms with Crippen LogP contribution in [0.15, 0.2) is 22.0 Å². The van der Waals surface area contributed by atoms with Gasteiger partial charge in [0.2, 0.25) is 10.0 Å². The van der Waals surface area contributed by atoms with Crippen LogP contribution in [0.5, 0.6) is 5.75 Å². The molecular weight excluding hydrogens is 504 g/mol. The predicted octanol–water partition coefficient (Wildman–Crippen LogP) is 3.69. The zero-order chi connectivity index (χ0) is 26.0. The lowest BCUT2D eigenvalue weighted by atomic mass is 10.0. The van der Waals surface area contributed by atoms with Gasteiger partial charge in [-0.25, -0.2) is 13.1 Å². The van der Waals surface area contributed by atoms with Crippen LogP contribution in [-0.2, 0) is 14.8 Å². The summed E-state index contributed by atoms with van der Waals surface area (Å²) < 4.78 is 40.9. The van der Waals surface area contributed by atoms with Gasteiger partial charge in [0.05, 0.1) is 36.5 Å². The molecule has 0 saturated carbocycles. The molecule has 2 aromatic rings. The summed E-state index contributed by atoms with van der Waals surface area (Å²) in [5.41, 5.74) is 2.32. The normalized spacial score (nSPS) is 19.9. The van der Waals surface area contributed by atoms with Gasteiger partial charge in [0.15, 0.2) is 0 Å². The van der Waals surface area contributed by atoms with E-state index in [1.807, 2.05) is 13.8 Å². The number of ether oxygens (including phenoxy) is 2. The molecule has 0 bridgehead atoms. The quantitative estimate of drug-likeness (QED) is 0.573. The van der Waals surface area contributed by atoms with Gasteiger partial charge < -0.3 is 14.8 Å². The Morgan fingerprint density at radius 2 is 1.92 bits per heavy atom. The van der Waals surface area contributed by atoms with E-state index in [-0.39, 0.29) is 16.6 Å². The molecule has 11 heteroatoms. The molecule has 0 radical (unpaired) electrons. The van der Waals surface area contributed by atoms with Gasteiger partial charge in [0.25, 0.3) is 5.56 Å². The first-order chi connectivity index (χ1) is 17.1. The van der Waals surface area contributed by atoms with Gasteiger partial charge in [-0.2, -0.15) is 9.40 Å². The van der Waals surface area contributed by atoms with Gasteiger partial charge in [-0.05, 0) is 75.1 Å². The fraction of sp³-hybridized carbons (Fsp3) is 0.600. The topological polar surface area (TPSA) is 103 Å². The highest BCUT2D eigenvalue weighted by Gasteiger charge is 2.34. The van der Waals surface area contributed by atoms with E-state index in [1.165, 1.54) is 8.99 Å². The maximum atomic E-state index is 13.6. The van der Waals surface area contributed by atoms with Crippen molar-refractivity contribution in [1.29, 1.82) is 0 Å². The third kappa shape index (κ3) is 5.27. The van der Waals surface area contributed by atoms with Gasteiger partial charge in [-0.3, -0.25) is 4.79 Å². The molecule has 2 fully saturated rings. The molecule has 4 rings (SSSR count). The van der Waals surface area contributed by atoms with E-state index < -0.39 is 10.0 Å². The molecule has 1 N–H and O–H groups in total. The number of hydrogen-bond donors (Lipinski definition) is 1. The first kappa shape index (κ1) is 26.9. The first-order valence-electron chi connectivity index (χ1n) is 12.4. The number of aromatic nitrogens is 2. The maximum Gasteiger partial charge on any atom is 0.287 e. The molecule has 1 aromatic heterocycles. The molecule has 2 aliphatic heterocycles. The van der Waals surface area contributed by atoms with Crippen molar-refractivity contribution in [2.24, 2.45) is 5.92 Å². The van der Waals surface area contributed by atoms with Crippen LogP contribution in [0, 0.1) is 26.7 Å². The summed E-state index contributed by atoms with van der Waals surface area (Å²) in [5.74, 6) is 1.06. The maximum absolute atomic E-state index is 13.6. The Kier molecular flexibility index (Phi) is 8.28. The monoisotopic (exact) mass is 538 g/mol. The largest absolute Gasteiger partial charge is 0.496 e. The number of halogens is 1. The Balaban J connectivity index is 1.46. The van der Waals surface area contributed by atoms with Crippen LogP contribution in [0.1, 0.15) is 48.4 Å². The van der Waals surface area contributed by atoms with Crippen LogP contribution < -0.4 is 15.6 Å². The average Bonchev–Trinajstić information content (AvgIpc) is 2.87. The molecule has 198 valence electrons. The van der Waals surface area contributed by atoms with E-state index in [0.29, 0.717) is 72.5 Å². The van der Waals surface area contributed by atoms with Crippen LogP contribution >= 0.6 is 11.6 Å². The molecule has 3 heterocycles. The molecular formula is C25H35ClN4O5S. The molecule has 9 nitrogen and oxygen atoms in total. The Labute approximate surface area is 217 Å². The lowest BCUT2D eigenvalue weighted by molar-refractivity contribution is 0.0595. The number of piperidine rings is 1. The molecule has 2 aliphatic rings. The number of rotatable bonds is 7. The lowest BCUT2D eigenvalue weighted by Gasteiger charge is -2.32. The minimum Gasteiger partial charge on any atom is -0.496 e. The summed E-state index contributed by atoms with van der Waals surface area (Å²) in [4.78, 5) is 13.3. The Morgan fingerprint density at radius 3 is 2.56 bits per heavy atom. The average molecular weight is 539 g/mol. The summed E-state index contributed by atoms with van der Waals surface area (Å²) in [6, 6.07) is 1.55. The van der Waals surface area contributed by atoms with Crippen LogP contribution in [-0.4, -0.2) is 62.5 Å². The fourth-order valence-corrected chi connectivity index (χ4v) is 7.30. The Morgan fingerprint density at radius 1 is 1.19 bits per heavy atom. The SMILES string of the molecule is COc1cc(C)c(S(=O)(=O)N2CCC(n3ncc(NC[C@H]4CCCOC4)c(Cl)c3=O)CC2)c(C)c1C. The van der Waals surface area contributed by atoms with Crippen molar-refractivity contribution in [3.05, 3.63) is 44.3 Å². The van der Waals surface area contributed by atoms with Crippen molar-refractivity contribution >= 4 is 27.3 Å². The lowest BCUT2D eigenvalue weighted by Crippen LogP contribution is -2.42. The number of anilines is 1. The van der Waals surface area contributed by atoms with Crippen molar-refractivity contribution < 1.29 is 17.9 Å². The van der Waals surface area contributed by atoms with Gasteiger partial charge in [0, 0.05) is 26.2 Å². The number of nitrogens with one attached hydrogen (secondary N) is 1. The molecule has 0 spiro atoms. The third-order valence-corrected chi connectivity index (χ3v) is 9.90. The number of nitrogens with zero attached hydrogens (tertiary/aromatic N) is 3. The molecule has 0 unspecified atom stereocenters. The van der Waals surface area contributed by atoms with E-state index >= 15 is 0 Å². The second-order valence-electron chi connectivity index (χ2n) is 9.70. The molecule has 0 aliphatic carbocycles. The summed E-state index contributed by atoms with van der Waals surface area (Å²) >= 11 is 6.41. The second kappa shape index (κ2) is 11.1. The van der Waals surface area contributed by atoms with Crippen molar-refractivity contribution in [2.45, 2.75) is 57.4 Å². The number of aryl methyl sites for hydroxylation is 1. The summed E-state index contributed by atoms with van der Waals surface area (Å²) in [6.45, 7) is 8.23. The van der Waals surface area contributed by atoms with Crippen molar-refractivity contribution in [3.63, 3.8) is 0 Å². The highest BCUT2D eigenvalue weighted by atomic mass is 35.5. The van der Waals surface area contributed by atoms with Gasteiger partial charge in [0.1, 0.15) is 10.8 Å². The smallest absolute Gasteiger partial charge is 0.287 e. The molecule has 2 saturated heterocycles. The minimum atomic E-state index is -3.70. The third-order valence-electron chi connectivity index (χ3n) is 7.34. The fourth-order valence-electron chi connectivity index (χ4n) is 5.14. The zero-order valence-corrected chi connectivity index (χ0v) is 22.9. The van der Waals surface area contributed by atoms with E-state index in [9.17, 15) is 13.2 Å². The van der Waals surface area contributed by atoms with Crippen molar-refractivity contribution in [1.82, 2.24) is 14.1 Å². The second-order valence-corrected chi connectivity index (χ2v) is 11.9. The minimum absolute atomic E-state index is 0.108. The number of hydrogen-bond acceptors (Lipinski definition) is 7. The number of benzene rings is 1. The molecule has 36 heavy (non-hydrogen) atoms. The highest BCUT2D eigenvalue weighted by molar-refractivity contribution is 7.89. The summed E-state index contributed by atoms with van der Waals surface area (Å²) in [6.07, 6.45) is 4.64. The number of methoxy groups -OCH3 is 1. The zero-order valence-electron chi connectivity index (χ0n) is 21.3. The van der Waals surface area contributed by atoms with E-state index in [2.05, 4.69) is 10.4 Å². The highest BCUT2D eigenvalue weighted by Crippen LogP contribution is 2.34. The van der Waals surface area contributed by atoms with Gasteiger partial charge in [-0.15, -0.1) is 0 Å². The van der Waals surface area contributed by atoms with E-state index in [1.54, 1.807) is 26.3 Å². The summed E-state index contributed by atoms with van der Waals surface area (Å²) in [5, 5.41) is 7.72. The van der Waals surface area contributed by atoms with Gasteiger partial charge >= 0.3 is 0 Å². The van der Waals surface area contributed by atoms with Crippen molar-refractivity contribution in [3.8, 4) is 5.75 Å². The number of sulfonamides is 1. The van der Waals surface area contributed by atoms with Crippen LogP contribution in [0.2, 0.25) is 5.02 Å². The molecule has 1 aromatic carbocycles. The van der Waals surface area contributed by atoms with E-state index in [4.69, 9.17) is 21.1 Å². The predicted molar refractivity (Wildman–Crippen MR) is 140 cm³/mol. The van der Waals surface area contributed by atoms with Crippen LogP contribution in [0.3, 0.4) is 0 Å². The molecule has 0 amide bonds. The molecule has 1 atom stereocenters. The van der Waals surface area contributed by atoms with Crippen molar-refractivity contribution in [2.75, 3.05) is 45.3 Å². The van der Waals surface area contributed by atoms with E-state index in [0.717, 1.165) is 25.0 Å². The first-order valence-corrected chi connectivity index (χ1v) is 14.2. The van der Waals surface area contributed by atoms with Crippen LogP contribution in [0.4, 0.5) is 5.69 Å². The Bertz CT molecular complexity index is 1270. The standard InChI is InChI=1S/C25H35ClN4O5S/c1-16-12-22(34-4)17(2)18(3)24(16)36(32,33)29-9-7-20(8-10-29)30-25(31)23(26)21(14-28-30)27-13-19-6-5-11-35-15-19/h12,14,19-20,27H,5-11,13,15H2,1-4H3/t19-/m1/s1.